The van der Waals surface area contributed by atoms with Crippen LogP contribution in [0.15, 0.2) is 18.2 Å². The van der Waals surface area contributed by atoms with Crippen LogP contribution in [0.2, 0.25) is 0 Å². The van der Waals surface area contributed by atoms with Crippen LogP contribution in [0.1, 0.15) is 36.6 Å². The number of carbonyl (C=O) groups excluding carboxylic acids is 1. The van der Waals surface area contributed by atoms with Gasteiger partial charge in [0.25, 0.3) is 0 Å². The number of fused-ring (bicyclic) bond motifs is 1. The minimum absolute atomic E-state index is 0.0279. The van der Waals surface area contributed by atoms with Crippen LogP contribution >= 0.6 is 0 Å². The van der Waals surface area contributed by atoms with Gasteiger partial charge in [0, 0.05) is 7.05 Å². The molecular formula is C16H24N2O2. The monoisotopic (exact) mass is 276 g/mol. The zero-order valence-electron chi connectivity index (χ0n) is 12.7. The molecule has 0 saturated carbocycles. The van der Waals surface area contributed by atoms with E-state index in [0.717, 1.165) is 6.42 Å². The molecule has 2 amide bonds. The predicted octanol–water partition coefficient (Wildman–Crippen LogP) is 2.25. The number of hydrogen-bond donors (Lipinski definition) is 2. The fourth-order valence-electron chi connectivity index (χ4n) is 2.74. The first-order chi connectivity index (χ1) is 9.43. The Morgan fingerprint density at radius 1 is 1.55 bits per heavy atom. The Labute approximate surface area is 120 Å². The van der Waals surface area contributed by atoms with E-state index in [4.69, 9.17) is 5.11 Å². The maximum Gasteiger partial charge on any atom is 0.317 e. The summed E-state index contributed by atoms with van der Waals surface area (Å²) < 4.78 is 0. The third-order valence-corrected chi connectivity index (χ3v) is 4.27. The van der Waals surface area contributed by atoms with Gasteiger partial charge in [0.05, 0.1) is 18.7 Å². The summed E-state index contributed by atoms with van der Waals surface area (Å²) in [5.41, 5.74) is 3.77. The second kappa shape index (κ2) is 5.83. The second-order valence-corrected chi connectivity index (χ2v) is 5.95. The van der Waals surface area contributed by atoms with Crippen molar-refractivity contribution in [3.05, 3.63) is 34.9 Å². The molecule has 1 aliphatic rings. The third kappa shape index (κ3) is 2.80. The molecule has 110 valence electrons. The van der Waals surface area contributed by atoms with Crippen molar-refractivity contribution in [3.63, 3.8) is 0 Å². The second-order valence-electron chi connectivity index (χ2n) is 5.95. The fraction of sp³-hybridized carbons (Fsp3) is 0.562. The van der Waals surface area contributed by atoms with Gasteiger partial charge in [-0.25, -0.2) is 4.79 Å². The van der Waals surface area contributed by atoms with Crippen LogP contribution in [0.3, 0.4) is 0 Å². The topological polar surface area (TPSA) is 52.6 Å². The van der Waals surface area contributed by atoms with Crippen LogP contribution < -0.4 is 5.32 Å². The summed E-state index contributed by atoms with van der Waals surface area (Å²) in [7, 11) is 1.72. The Balaban J connectivity index is 2.14. The number of hydrogen-bond acceptors (Lipinski definition) is 2. The smallest absolute Gasteiger partial charge is 0.317 e. The Morgan fingerprint density at radius 2 is 2.25 bits per heavy atom. The van der Waals surface area contributed by atoms with Crippen molar-refractivity contribution >= 4 is 6.03 Å². The summed E-state index contributed by atoms with van der Waals surface area (Å²) >= 11 is 0. The first kappa shape index (κ1) is 14.9. The standard InChI is InChI=1S/C16H24N2O2/c1-10-5-6-13-8-11(2)15(14(13)7-10)17-16(20)18(4)12(3)9-19/h5-7,11-12,15,19H,8-9H2,1-4H3,(H,17,20). The summed E-state index contributed by atoms with van der Waals surface area (Å²) in [6.07, 6.45) is 1.000. The largest absolute Gasteiger partial charge is 0.394 e. The lowest BCUT2D eigenvalue weighted by molar-refractivity contribution is 0.153. The minimum Gasteiger partial charge on any atom is -0.394 e. The van der Waals surface area contributed by atoms with Gasteiger partial charge >= 0.3 is 6.03 Å². The highest BCUT2D eigenvalue weighted by Gasteiger charge is 2.31. The molecule has 0 aliphatic heterocycles. The van der Waals surface area contributed by atoms with Gasteiger partial charge in [-0.2, -0.15) is 0 Å². The summed E-state index contributed by atoms with van der Waals surface area (Å²) in [6.45, 7) is 6.04. The Bertz CT molecular complexity index is 501. The zero-order valence-corrected chi connectivity index (χ0v) is 12.7. The lowest BCUT2D eigenvalue weighted by Gasteiger charge is -2.27. The molecule has 2 rings (SSSR count). The molecule has 3 unspecified atom stereocenters. The van der Waals surface area contributed by atoms with Crippen molar-refractivity contribution in [1.29, 1.82) is 0 Å². The number of nitrogens with one attached hydrogen (secondary N) is 1. The molecule has 20 heavy (non-hydrogen) atoms. The molecule has 1 aliphatic carbocycles. The molecule has 4 heteroatoms. The highest BCUT2D eigenvalue weighted by molar-refractivity contribution is 5.75. The van der Waals surface area contributed by atoms with E-state index in [1.165, 1.54) is 16.7 Å². The quantitative estimate of drug-likeness (QED) is 0.889. The Morgan fingerprint density at radius 3 is 2.90 bits per heavy atom. The van der Waals surface area contributed by atoms with Crippen LogP contribution in [0.25, 0.3) is 0 Å². The van der Waals surface area contributed by atoms with Gasteiger partial charge < -0.3 is 15.3 Å². The maximum atomic E-state index is 12.2. The molecule has 1 aromatic carbocycles. The number of aliphatic hydroxyl groups excluding tert-OH is 1. The lowest BCUT2D eigenvalue weighted by Crippen LogP contribution is -2.45. The van der Waals surface area contributed by atoms with Crippen molar-refractivity contribution in [3.8, 4) is 0 Å². The van der Waals surface area contributed by atoms with Gasteiger partial charge in [0.15, 0.2) is 0 Å². The van der Waals surface area contributed by atoms with E-state index in [-0.39, 0.29) is 24.7 Å². The number of aryl methyl sites for hydroxylation is 1. The van der Waals surface area contributed by atoms with Gasteiger partial charge in [-0.1, -0.05) is 30.7 Å². The molecule has 0 spiro atoms. The van der Waals surface area contributed by atoms with Crippen molar-refractivity contribution in [1.82, 2.24) is 10.2 Å². The predicted molar refractivity (Wildman–Crippen MR) is 79.6 cm³/mol. The number of urea groups is 1. The van der Waals surface area contributed by atoms with Gasteiger partial charge in [-0.3, -0.25) is 0 Å². The summed E-state index contributed by atoms with van der Waals surface area (Å²) in [5.74, 6) is 0.397. The zero-order chi connectivity index (χ0) is 14.9. The van der Waals surface area contributed by atoms with Crippen LogP contribution in [-0.2, 0) is 6.42 Å². The van der Waals surface area contributed by atoms with E-state index in [0.29, 0.717) is 5.92 Å². The molecule has 1 aromatic rings. The molecule has 0 bridgehead atoms. The highest BCUT2D eigenvalue weighted by Crippen LogP contribution is 2.36. The van der Waals surface area contributed by atoms with E-state index in [1.54, 1.807) is 11.9 Å². The first-order valence-corrected chi connectivity index (χ1v) is 7.17. The van der Waals surface area contributed by atoms with Crippen LogP contribution in [0.4, 0.5) is 4.79 Å². The molecule has 0 radical (unpaired) electrons. The molecule has 3 atom stereocenters. The number of carbonyl (C=O) groups is 1. The summed E-state index contributed by atoms with van der Waals surface area (Å²) in [5, 5.41) is 12.2. The van der Waals surface area contributed by atoms with E-state index >= 15 is 0 Å². The number of rotatable bonds is 3. The van der Waals surface area contributed by atoms with E-state index in [1.807, 2.05) is 6.92 Å². The number of benzene rings is 1. The Hall–Kier alpha value is -1.55. The minimum atomic E-state index is -0.177. The van der Waals surface area contributed by atoms with Gasteiger partial charge in [-0.15, -0.1) is 0 Å². The van der Waals surface area contributed by atoms with Crippen molar-refractivity contribution in [2.45, 2.75) is 39.3 Å². The van der Waals surface area contributed by atoms with Gasteiger partial charge in [-0.05, 0) is 37.3 Å². The average molecular weight is 276 g/mol. The normalized spacial score (nSPS) is 22.2. The molecular weight excluding hydrogens is 252 g/mol. The highest BCUT2D eigenvalue weighted by atomic mass is 16.3. The lowest BCUT2D eigenvalue weighted by atomic mass is 10.0. The maximum absolute atomic E-state index is 12.2. The van der Waals surface area contributed by atoms with Crippen LogP contribution in [0.5, 0.6) is 0 Å². The molecule has 0 heterocycles. The SMILES string of the molecule is Cc1ccc2c(c1)C(NC(=O)N(C)C(C)CO)C(C)C2. The van der Waals surface area contributed by atoms with E-state index in [9.17, 15) is 4.79 Å². The number of likely N-dealkylation sites (N-methyl/N-ethyl adjacent to an activating group) is 1. The van der Waals surface area contributed by atoms with E-state index < -0.39 is 0 Å². The first-order valence-electron chi connectivity index (χ1n) is 7.17. The fourth-order valence-corrected chi connectivity index (χ4v) is 2.74. The van der Waals surface area contributed by atoms with Crippen molar-refractivity contribution < 1.29 is 9.90 Å². The Kier molecular flexibility index (Phi) is 4.33. The van der Waals surface area contributed by atoms with Crippen molar-refractivity contribution in [2.24, 2.45) is 5.92 Å². The molecule has 4 nitrogen and oxygen atoms in total. The van der Waals surface area contributed by atoms with E-state index in [2.05, 4.69) is 37.4 Å². The summed E-state index contributed by atoms with van der Waals surface area (Å²) in [4.78, 5) is 13.8. The van der Waals surface area contributed by atoms with Crippen LogP contribution in [0, 0.1) is 12.8 Å². The molecule has 0 aromatic heterocycles. The number of nitrogens with zero attached hydrogens (tertiary/aromatic N) is 1. The third-order valence-electron chi connectivity index (χ3n) is 4.27. The van der Waals surface area contributed by atoms with Gasteiger partial charge in [0.1, 0.15) is 0 Å². The molecule has 2 N–H and O–H groups in total. The average Bonchev–Trinajstić information content (AvgIpc) is 2.73. The van der Waals surface area contributed by atoms with Gasteiger partial charge in [0.2, 0.25) is 0 Å². The summed E-state index contributed by atoms with van der Waals surface area (Å²) in [6, 6.07) is 6.20. The number of amides is 2. The van der Waals surface area contributed by atoms with Crippen molar-refractivity contribution in [2.75, 3.05) is 13.7 Å². The van der Waals surface area contributed by atoms with Crippen LogP contribution in [-0.4, -0.2) is 35.7 Å². The molecule has 0 fully saturated rings. The molecule has 0 saturated heterocycles. The number of aliphatic hydroxyl groups is 1.